The molecule has 1 aromatic rings. The van der Waals surface area contributed by atoms with Crippen molar-refractivity contribution in [3.05, 3.63) is 29.6 Å². The minimum Gasteiger partial charge on any atom is -0.314 e. The molecule has 2 rings (SSSR count). The van der Waals surface area contributed by atoms with E-state index in [9.17, 15) is 4.39 Å². The van der Waals surface area contributed by atoms with Crippen LogP contribution >= 0.6 is 11.8 Å². The summed E-state index contributed by atoms with van der Waals surface area (Å²) < 4.78 is 13.1. The van der Waals surface area contributed by atoms with E-state index in [1.54, 1.807) is 6.07 Å². The number of aryl methyl sites for hydroxylation is 1. The first-order valence-corrected chi connectivity index (χ1v) is 7.06. The summed E-state index contributed by atoms with van der Waals surface area (Å²) in [4.78, 5) is 3.64. The van der Waals surface area contributed by atoms with Crippen molar-refractivity contribution in [1.29, 1.82) is 0 Å². The van der Waals surface area contributed by atoms with Crippen LogP contribution < -0.4 is 5.32 Å². The fraction of sp³-hybridized carbons (Fsp3) is 0.538. The number of rotatable bonds is 4. The van der Waals surface area contributed by atoms with E-state index in [2.05, 4.69) is 10.2 Å². The van der Waals surface area contributed by atoms with Gasteiger partial charge in [-0.2, -0.15) is 0 Å². The first kappa shape index (κ1) is 12.9. The zero-order valence-corrected chi connectivity index (χ0v) is 11.0. The van der Waals surface area contributed by atoms with Crippen LogP contribution in [0.5, 0.6) is 0 Å². The highest BCUT2D eigenvalue weighted by atomic mass is 32.2. The molecule has 0 spiro atoms. The van der Waals surface area contributed by atoms with Crippen molar-refractivity contribution < 1.29 is 4.39 Å². The van der Waals surface area contributed by atoms with Gasteiger partial charge in [0.15, 0.2) is 0 Å². The molecule has 0 aliphatic carbocycles. The Labute approximate surface area is 107 Å². The lowest BCUT2D eigenvalue weighted by atomic mass is 10.2. The number of nitrogens with zero attached hydrogens (tertiary/aromatic N) is 1. The zero-order chi connectivity index (χ0) is 12.1. The summed E-state index contributed by atoms with van der Waals surface area (Å²) in [6, 6.07) is 5.35. The first-order valence-electron chi connectivity index (χ1n) is 6.08. The van der Waals surface area contributed by atoms with Gasteiger partial charge in [-0.25, -0.2) is 4.39 Å². The maximum absolute atomic E-state index is 13.1. The average molecular weight is 254 g/mol. The molecule has 0 aromatic heterocycles. The summed E-state index contributed by atoms with van der Waals surface area (Å²) in [6.45, 7) is 7.41. The number of thioether (sulfide) groups is 1. The van der Waals surface area contributed by atoms with E-state index in [0.29, 0.717) is 0 Å². The maximum atomic E-state index is 13.1. The van der Waals surface area contributed by atoms with Crippen LogP contribution in [0.3, 0.4) is 0 Å². The molecule has 94 valence electrons. The highest BCUT2D eigenvalue weighted by Crippen LogP contribution is 2.20. The van der Waals surface area contributed by atoms with E-state index in [1.165, 1.54) is 4.90 Å². The SMILES string of the molecule is Cc1cc(SCCN2CCNCC2)ccc1F. The Morgan fingerprint density at radius 2 is 2.12 bits per heavy atom. The summed E-state index contributed by atoms with van der Waals surface area (Å²) in [6.07, 6.45) is 0. The van der Waals surface area contributed by atoms with E-state index in [4.69, 9.17) is 0 Å². The van der Waals surface area contributed by atoms with Gasteiger partial charge in [-0.05, 0) is 30.7 Å². The first-order chi connectivity index (χ1) is 8.25. The van der Waals surface area contributed by atoms with Crippen LogP contribution in [-0.2, 0) is 0 Å². The van der Waals surface area contributed by atoms with E-state index in [1.807, 2.05) is 30.8 Å². The predicted molar refractivity (Wildman–Crippen MR) is 71.2 cm³/mol. The van der Waals surface area contributed by atoms with E-state index >= 15 is 0 Å². The van der Waals surface area contributed by atoms with Crippen molar-refractivity contribution in [3.63, 3.8) is 0 Å². The lowest BCUT2D eigenvalue weighted by Gasteiger charge is -2.26. The van der Waals surface area contributed by atoms with E-state index < -0.39 is 0 Å². The number of halogens is 1. The molecule has 1 fully saturated rings. The summed E-state index contributed by atoms with van der Waals surface area (Å²) >= 11 is 1.81. The smallest absolute Gasteiger partial charge is 0.126 e. The molecule has 2 nitrogen and oxygen atoms in total. The Hall–Kier alpha value is -0.580. The molecule has 17 heavy (non-hydrogen) atoms. The fourth-order valence-corrected chi connectivity index (χ4v) is 2.94. The standard InChI is InChI=1S/C13H19FN2S/c1-11-10-12(2-3-13(11)14)17-9-8-16-6-4-15-5-7-16/h2-3,10,15H,4-9H2,1H3. The monoisotopic (exact) mass is 254 g/mol. The largest absolute Gasteiger partial charge is 0.314 e. The Balaban J connectivity index is 1.75. The highest BCUT2D eigenvalue weighted by Gasteiger charge is 2.08. The fourth-order valence-electron chi connectivity index (χ4n) is 1.93. The van der Waals surface area contributed by atoms with Crippen LogP contribution in [-0.4, -0.2) is 43.4 Å². The lowest BCUT2D eigenvalue weighted by molar-refractivity contribution is 0.255. The minimum atomic E-state index is -0.114. The van der Waals surface area contributed by atoms with Gasteiger partial charge < -0.3 is 5.32 Å². The van der Waals surface area contributed by atoms with Gasteiger partial charge in [0.05, 0.1) is 0 Å². The van der Waals surface area contributed by atoms with Gasteiger partial charge in [0.2, 0.25) is 0 Å². The van der Waals surface area contributed by atoms with Crippen LogP contribution in [0.15, 0.2) is 23.1 Å². The number of hydrogen-bond donors (Lipinski definition) is 1. The second-order valence-electron chi connectivity index (χ2n) is 4.35. The normalized spacial score (nSPS) is 17.3. The molecule has 1 N–H and O–H groups in total. The molecular formula is C13H19FN2S. The van der Waals surface area contributed by atoms with Gasteiger partial charge >= 0.3 is 0 Å². The summed E-state index contributed by atoms with van der Waals surface area (Å²) in [5, 5.41) is 3.35. The molecule has 0 bridgehead atoms. The van der Waals surface area contributed by atoms with Crippen molar-refractivity contribution in [3.8, 4) is 0 Å². The van der Waals surface area contributed by atoms with Gasteiger partial charge in [0.1, 0.15) is 5.82 Å². The van der Waals surface area contributed by atoms with E-state index in [0.717, 1.165) is 44.0 Å². The van der Waals surface area contributed by atoms with Gasteiger partial charge in [-0.1, -0.05) is 0 Å². The molecular weight excluding hydrogens is 235 g/mol. The number of benzene rings is 1. The van der Waals surface area contributed by atoms with Crippen LogP contribution in [0.2, 0.25) is 0 Å². The van der Waals surface area contributed by atoms with Crippen LogP contribution in [0.4, 0.5) is 4.39 Å². The molecule has 0 radical (unpaired) electrons. The molecule has 1 saturated heterocycles. The lowest BCUT2D eigenvalue weighted by Crippen LogP contribution is -2.44. The highest BCUT2D eigenvalue weighted by molar-refractivity contribution is 7.99. The van der Waals surface area contributed by atoms with Crippen LogP contribution in [0, 0.1) is 12.7 Å². The molecule has 1 aliphatic heterocycles. The van der Waals surface area contributed by atoms with Crippen molar-refractivity contribution >= 4 is 11.8 Å². The Morgan fingerprint density at radius 3 is 2.82 bits per heavy atom. The van der Waals surface area contributed by atoms with Crippen molar-refractivity contribution in [2.75, 3.05) is 38.5 Å². The molecule has 1 aromatic carbocycles. The number of piperazine rings is 1. The molecule has 4 heteroatoms. The van der Waals surface area contributed by atoms with Gasteiger partial charge in [-0.15, -0.1) is 11.8 Å². The number of nitrogens with one attached hydrogen (secondary N) is 1. The predicted octanol–water partition coefficient (Wildman–Crippen LogP) is 2.13. The molecule has 1 aliphatic rings. The molecule has 0 saturated carbocycles. The zero-order valence-electron chi connectivity index (χ0n) is 10.2. The summed E-state index contributed by atoms with van der Waals surface area (Å²) in [5.74, 6) is 0.960. The second-order valence-corrected chi connectivity index (χ2v) is 5.52. The van der Waals surface area contributed by atoms with Gasteiger partial charge in [0.25, 0.3) is 0 Å². The van der Waals surface area contributed by atoms with Crippen molar-refractivity contribution in [1.82, 2.24) is 10.2 Å². The van der Waals surface area contributed by atoms with Crippen molar-refractivity contribution in [2.45, 2.75) is 11.8 Å². The number of hydrogen-bond acceptors (Lipinski definition) is 3. The Morgan fingerprint density at radius 1 is 1.35 bits per heavy atom. The van der Waals surface area contributed by atoms with Gasteiger partial charge in [0, 0.05) is 43.4 Å². The van der Waals surface area contributed by atoms with Crippen LogP contribution in [0.25, 0.3) is 0 Å². The van der Waals surface area contributed by atoms with Gasteiger partial charge in [-0.3, -0.25) is 4.90 Å². The molecule has 1 heterocycles. The Kier molecular flexibility index (Phi) is 4.83. The Bertz CT molecular complexity index is 364. The second kappa shape index (κ2) is 6.38. The van der Waals surface area contributed by atoms with Crippen molar-refractivity contribution in [2.24, 2.45) is 0 Å². The third-order valence-corrected chi connectivity index (χ3v) is 3.99. The quantitative estimate of drug-likeness (QED) is 0.829. The molecule has 0 amide bonds. The summed E-state index contributed by atoms with van der Waals surface area (Å²) in [5.41, 5.74) is 0.733. The van der Waals surface area contributed by atoms with Crippen LogP contribution in [0.1, 0.15) is 5.56 Å². The minimum absolute atomic E-state index is 0.114. The summed E-state index contributed by atoms with van der Waals surface area (Å²) in [7, 11) is 0. The third-order valence-electron chi connectivity index (χ3n) is 3.02. The molecule has 0 atom stereocenters. The van der Waals surface area contributed by atoms with E-state index in [-0.39, 0.29) is 5.82 Å². The third kappa shape index (κ3) is 3.98. The molecule has 0 unspecified atom stereocenters. The topological polar surface area (TPSA) is 15.3 Å². The average Bonchev–Trinajstić information content (AvgIpc) is 2.35. The maximum Gasteiger partial charge on any atom is 0.126 e.